The predicted molar refractivity (Wildman–Crippen MR) is 133 cm³/mol. The lowest BCUT2D eigenvalue weighted by atomic mass is 10.1. The molecule has 0 aromatic heterocycles. The van der Waals surface area contributed by atoms with Crippen LogP contribution in [0.2, 0.25) is 5.02 Å². The molecule has 0 unspecified atom stereocenters. The number of para-hydroxylation sites is 1. The molecule has 0 spiro atoms. The Morgan fingerprint density at radius 3 is 2.33 bits per heavy atom. The lowest BCUT2D eigenvalue weighted by molar-refractivity contribution is 0.0947. The lowest BCUT2D eigenvalue weighted by Crippen LogP contribution is -2.29. The van der Waals surface area contributed by atoms with Gasteiger partial charge < -0.3 is 10.1 Å². The van der Waals surface area contributed by atoms with Crippen LogP contribution in [0.5, 0.6) is 5.75 Å². The minimum atomic E-state index is -3.53. The van der Waals surface area contributed by atoms with E-state index < -0.39 is 10.0 Å². The van der Waals surface area contributed by atoms with Gasteiger partial charge in [0.15, 0.2) is 0 Å². The van der Waals surface area contributed by atoms with E-state index in [1.807, 2.05) is 38.1 Å². The van der Waals surface area contributed by atoms with Crippen molar-refractivity contribution < 1.29 is 17.9 Å². The summed E-state index contributed by atoms with van der Waals surface area (Å²) in [5.41, 5.74) is 3.63. The highest BCUT2D eigenvalue weighted by Gasteiger charge is 2.19. The minimum absolute atomic E-state index is 0.129. The number of amides is 1. The van der Waals surface area contributed by atoms with Crippen molar-refractivity contribution in [2.24, 2.45) is 0 Å². The zero-order chi connectivity index (χ0) is 24.0. The number of nitrogens with zero attached hydrogens (tertiary/aromatic N) is 1. The number of anilines is 1. The summed E-state index contributed by atoms with van der Waals surface area (Å²) in [6.45, 7) is 4.68. The maximum absolute atomic E-state index is 12.4. The third-order valence-corrected chi connectivity index (χ3v) is 6.67. The molecule has 8 heteroatoms. The van der Waals surface area contributed by atoms with Crippen molar-refractivity contribution >= 4 is 33.2 Å². The van der Waals surface area contributed by atoms with Crippen molar-refractivity contribution in [3.05, 3.63) is 94.0 Å². The van der Waals surface area contributed by atoms with Gasteiger partial charge in [-0.1, -0.05) is 48.0 Å². The normalized spacial score (nSPS) is 11.2. The first-order valence-electron chi connectivity index (χ1n) is 10.4. The van der Waals surface area contributed by atoms with Gasteiger partial charge in [-0.25, -0.2) is 8.42 Å². The van der Waals surface area contributed by atoms with E-state index in [0.717, 1.165) is 28.7 Å². The molecule has 1 amide bonds. The van der Waals surface area contributed by atoms with Gasteiger partial charge in [-0.05, 0) is 60.9 Å². The second kappa shape index (κ2) is 10.7. The van der Waals surface area contributed by atoms with Crippen LogP contribution in [0.3, 0.4) is 0 Å². The van der Waals surface area contributed by atoms with Crippen LogP contribution < -0.4 is 14.4 Å². The molecule has 0 aliphatic rings. The second-order valence-electron chi connectivity index (χ2n) is 7.77. The Kier molecular flexibility index (Phi) is 8.00. The molecule has 0 aliphatic carbocycles. The summed E-state index contributed by atoms with van der Waals surface area (Å²) in [6.07, 6.45) is 1.15. The lowest BCUT2D eigenvalue weighted by Gasteiger charge is -2.23. The highest BCUT2D eigenvalue weighted by molar-refractivity contribution is 7.92. The minimum Gasteiger partial charge on any atom is -0.491 e. The van der Waals surface area contributed by atoms with Crippen LogP contribution in [-0.2, 0) is 16.6 Å². The van der Waals surface area contributed by atoms with E-state index in [1.165, 1.54) is 4.31 Å². The van der Waals surface area contributed by atoms with E-state index in [1.54, 1.807) is 42.5 Å². The molecule has 0 saturated carbocycles. The first kappa shape index (κ1) is 24.6. The summed E-state index contributed by atoms with van der Waals surface area (Å²) in [5, 5.41) is 3.33. The van der Waals surface area contributed by atoms with Gasteiger partial charge in [0.1, 0.15) is 12.4 Å². The van der Waals surface area contributed by atoms with E-state index >= 15 is 0 Å². The Balaban J connectivity index is 1.60. The predicted octanol–water partition coefficient (Wildman–Crippen LogP) is 4.73. The summed E-state index contributed by atoms with van der Waals surface area (Å²) in [5.74, 6) is 0.571. The van der Waals surface area contributed by atoms with E-state index in [0.29, 0.717) is 29.4 Å². The van der Waals surface area contributed by atoms with Gasteiger partial charge in [0.25, 0.3) is 5.91 Å². The fourth-order valence-electron chi connectivity index (χ4n) is 3.21. The Bertz CT molecular complexity index is 1230. The molecule has 0 radical (unpaired) electrons. The van der Waals surface area contributed by atoms with Crippen molar-refractivity contribution in [1.29, 1.82) is 0 Å². The fraction of sp³-hybridized carbons (Fsp3) is 0.240. The van der Waals surface area contributed by atoms with Crippen LogP contribution in [0.25, 0.3) is 0 Å². The van der Waals surface area contributed by atoms with Crippen molar-refractivity contribution in [3.63, 3.8) is 0 Å². The molecule has 0 heterocycles. The number of hydrogen-bond acceptors (Lipinski definition) is 4. The van der Waals surface area contributed by atoms with Gasteiger partial charge in [-0.3, -0.25) is 9.10 Å². The third kappa shape index (κ3) is 6.73. The largest absolute Gasteiger partial charge is 0.491 e. The number of carbonyl (C=O) groups excluding carboxylic acids is 1. The number of carbonyl (C=O) groups is 1. The highest BCUT2D eigenvalue weighted by Crippen LogP contribution is 2.26. The molecule has 3 aromatic carbocycles. The number of aryl methyl sites for hydroxylation is 2. The van der Waals surface area contributed by atoms with E-state index in [2.05, 4.69) is 5.32 Å². The highest BCUT2D eigenvalue weighted by atomic mass is 35.5. The Labute approximate surface area is 200 Å². The molecule has 0 saturated heterocycles. The maximum atomic E-state index is 12.4. The number of sulfonamides is 1. The summed E-state index contributed by atoms with van der Waals surface area (Å²) in [4.78, 5) is 12.4. The van der Waals surface area contributed by atoms with E-state index in [9.17, 15) is 13.2 Å². The first-order valence-corrected chi connectivity index (χ1v) is 12.7. The molecule has 33 heavy (non-hydrogen) atoms. The van der Waals surface area contributed by atoms with Crippen LogP contribution in [0.15, 0.2) is 66.7 Å². The summed E-state index contributed by atoms with van der Waals surface area (Å²) < 4.78 is 31.7. The molecule has 1 N–H and O–H groups in total. The van der Waals surface area contributed by atoms with Crippen LogP contribution in [-0.4, -0.2) is 33.7 Å². The smallest absolute Gasteiger partial charge is 0.251 e. The zero-order valence-corrected chi connectivity index (χ0v) is 20.4. The maximum Gasteiger partial charge on any atom is 0.251 e. The summed E-state index contributed by atoms with van der Waals surface area (Å²) in [6, 6.07) is 19.7. The summed E-state index contributed by atoms with van der Waals surface area (Å²) in [7, 11) is -3.53. The molecular formula is C25H27ClN2O4S. The fourth-order valence-corrected chi connectivity index (χ4v) is 4.27. The molecule has 0 fully saturated rings. The molecule has 3 rings (SSSR count). The molecule has 6 nitrogen and oxygen atoms in total. The molecule has 0 atom stereocenters. The summed E-state index contributed by atoms with van der Waals surface area (Å²) >= 11 is 6.19. The molecule has 0 aliphatic heterocycles. The molecule has 0 bridgehead atoms. The van der Waals surface area contributed by atoms with Gasteiger partial charge in [0.2, 0.25) is 10.0 Å². The molecular weight excluding hydrogens is 460 g/mol. The molecule has 174 valence electrons. The van der Waals surface area contributed by atoms with Gasteiger partial charge in [-0.2, -0.15) is 0 Å². The van der Waals surface area contributed by atoms with Crippen LogP contribution >= 0.6 is 11.6 Å². The first-order chi connectivity index (χ1) is 15.6. The van der Waals surface area contributed by atoms with E-state index in [4.69, 9.17) is 16.3 Å². The Morgan fingerprint density at radius 1 is 1.00 bits per heavy atom. The average Bonchev–Trinajstić information content (AvgIpc) is 2.77. The van der Waals surface area contributed by atoms with Gasteiger partial charge >= 0.3 is 0 Å². The second-order valence-corrected chi connectivity index (χ2v) is 10.1. The standard InChI is InChI=1S/C25H27ClN2O4S/c1-18-8-13-22(16-23(18)26)28(33(3,30)31)17-20-9-11-21(12-10-20)25(29)27-14-15-32-24-7-5-4-6-19(24)2/h4-13,16H,14-15,17H2,1-3H3,(H,27,29). The van der Waals surface area contributed by atoms with Crippen molar-refractivity contribution in [1.82, 2.24) is 5.32 Å². The van der Waals surface area contributed by atoms with Crippen molar-refractivity contribution in [2.45, 2.75) is 20.4 Å². The Morgan fingerprint density at radius 2 is 1.70 bits per heavy atom. The number of rotatable bonds is 9. The number of nitrogens with one attached hydrogen (secondary N) is 1. The number of hydrogen-bond donors (Lipinski definition) is 1. The van der Waals surface area contributed by atoms with Crippen LogP contribution in [0.1, 0.15) is 27.0 Å². The van der Waals surface area contributed by atoms with Gasteiger partial charge in [0.05, 0.1) is 25.0 Å². The SMILES string of the molecule is Cc1ccc(N(Cc2ccc(C(=O)NCCOc3ccccc3C)cc2)S(C)(=O)=O)cc1Cl. The topological polar surface area (TPSA) is 75.7 Å². The van der Waals surface area contributed by atoms with Crippen molar-refractivity contribution in [2.75, 3.05) is 23.7 Å². The number of halogens is 1. The van der Waals surface area contributed by atoms with Gasteiger partial charge in [-0.15, -0.1) is 0 Å². The van der Waals surface area contributed by atoms with E-state index in [-0.39, 0.29) is 12.5 Å². The van der Waals surface area contributed by atoms with Crippen LogP contribution in [0, 0.1) is 13.8 Å². The number of ether oxygens (including phenoxy) is 1. The zero-order valence-electron chi connectivity index (χ0n) is 18.8. The Hall–Kier alpha value is -3.03. The van der Waals surface area contributed by atoms with Crippen LogP contribution in [0.4, 0.5) is 5.69 Å². The third-order valence-electron chi connectivity index (χ3n) is 5.12. The molecule has 3 aromatic rings. The number of benzene rings is 3. The monoisotopic (exact) mass is 486 g/mol. The van der Waals surface area contributed by atoms with Crippen molar-refractivity contribution in [3.8, 4) is 5.75 Å². The van der Waals surface area contributed by atoms with Gasteiger partial charge in [0, 0.05) is 10.6 Å². The average molecular weight is 487 g/mol. The quantitative estimate of drug-likeness (QED) is 0.443.